The number of aryl methyl sites for hydroxylation is 1. The van der Waals surface area contributed by atoms with E-state index in [4.69, 9.17) is 17.3 Å². The Balaban J connectivity index is 2.52. The van der Waals surface area contributed by atoms with Gasteiger partial charge in [0.05, 0.1) is 5.56 Å². The van der Waals surface area contributed by atoms with Gasteiger partial charge in [0.15, 0.2) is 0 Å². The molecule has 0 radical (unpaired) electrons. The Hall–Kier alpha value is -1.68. The van der Waals surface area contributed by atoms with Gasteiger partial charge in [-0.1, -0.05) is 23.7 Å². The standard InChI is InChI=1S/C14H11ClF3N/c1-8-4-9(6-11(19)5-8)12-3-2-10(7-13(12)15)14(16,17)18/h2-7H,19H2,1H3. The van der Waals surface area contributed by atoms with Gasteiger partial charge in [0.25, 0.3) is 0 Å². The average molecular weight is 286 g/mol. The van der Waals surface area contributed by atoms with Crippen LogP contribution in [0.2, 0.25) is 5.02 Å². The highest BCUT2D eigenvalue weighted by atomic mass is 35.5. The second-order valence-corrected chi connectivity index (χ2v) is 4.73. The lowest BCUT2D eigenvalue weighted by Gasteiger charge is -2.11. The molecule has 0 heterocycles. The van der Waals surface area contributed by atoms with Crippen LogP contribution in [0.4, 0.5) is 18.9 Å². The Bertz CT molecular complexity index is 600. The van der Waals surface area contributed by atoms with Crippen molar-refractivity contribution in [3.63, 3.8) is 0 Å². The third-order valence-electron chi connectivity index (χ3n) is 2.71. The molecule has 5 heteroatoms. The van der Waals surface area contributed by atoms with E-state index in [1.54, 1.807) is 12.1 Å². The van der Waals surface area contributed by atoms with Crippen LogP contribution in [0.1, 0.15) is 11.1 Å². The monoisotopic (exact) mass is 285 g/mol. The van der Waals surface area contributed by atoms with Gasteiger partial charge in [0.1, 0.15) is 0 Å². The van der Waals surface area contributed by atoms with Gasteiger partial charge in [-0.2, -0.15) is 13.2 Å². The van der Waals surface area contributed by atoms with E-state index in [2.05, 4.69) is 0 Å². The zero-order valence-electron chi connectivity index (χ0n) is 10.1. The fourth-order valence-electron chi connectivity index (χ4n) is 1.89. The van der Waals surface area contributed by atoms with Gasteiger partial charge in [-0.05, 0) is 42.3 Å². The minimum Gasteiger partial charge on any atom is -0.399 e. The molecule has 1 nitrogen and oxygen atoms in total. The van der Waals surface area contributed by atoms with Crippen molar-refractivity contribution in [3.05, 3.63) is 52.5 Å². The summed E-state index contributed by atoms with van der Waals surface area (Å²) in [6.45, 7) is 1.86. The number of anilines is 1. The van der Waals surface area contributed by atoms with Crippen molar-refractivity contribution in [3.8, 4) is 11.1 Å². The number of hydrogen-bond donors (Lipinski definition) is 1. The number of hydrogen-bond acceptors (Lipinski definition) is 1. The minimum absolute atomic E-state index is 0.0554. The van der Waals surface area contributed by atoms with E-state index in [1.165, 1.54) is 6.07 Å². The van der Waals surface area contributed by atoms with Crippen LogP contribution in [0.5, 0.6) is 0 Å². The number of benzene rings is 2. The molecule has 0 atom stereocenters. The molecule has 0 unspecified atom stereocenters. The summed E-state index contributed by atoms with van der Waals surface area (Å²) in [4.78, 5) is 0. The van der Waals surface area contributed by atoms with E-state index in [1.807, 2.05) is 13.0 Å². The summed E-state index contributed by atoms with van der Waals surface area (Å²) in [5.74, 6) is 0. The van der Waals surface area contributed by atoms with Crippen molar-refractivity contribution >= 4 is 17.3 Å². The molecule has 0 aliphatic carbocycles. The van der Waals surface area contributed by atoms with Gasteiger partial charge in [0, 0.05) is 16.3 Å². The van der Waals surface area contributed by atoms with Crippen molar-refractivity contribution in [2.75, 3.05) is 5.73 Å². The van der Waals surface area contributed by atoms with Gasteiger partial charge in [0.2, 0.25) is 0 Å². The number of alkyl halides is 3. The van der Waals surface area contributed by atoms with Crippen LogP contribution >= 0.6 is 11.6 Å². The number of nitrogen functional groups attached to an aromatic ring is 1. The summed E-state index contributed by atoms with van der Waals surface area (Å²) < 4.78 is 37.7. The number of nitrogens with two attached hydrogens (primary N) is 1. The highest BCUT2D eigenvalue weighted by molar-refractivity contribution is 6.33. The van der Waals surface area contributed by atoms with Gasteiger partial charge in [-0.15, -0.1) is 0 Å². The first-order valence-corrected chi connectivity index (χ1v) is 5.89. The highest BCUT2D eigenvalue weighted by Gasteiger charge is 2.30. The Morgan fingerprint density at radius 2 is 1.74 bits per heavy atom. The lowest BCUT2D eigenvalue weighted by molar-refractivity contribution is -0.137. The molecule has 0 saturated carbocycles. The fraction of sp³-hybridized carbons (Fsp3) is 0.143. The van der Waals surface area contributed by atoms with Crippen molar-refractivity contribution in [1.29, 1.82) is 0 Å². The van der Waals surface area contributed by atoms with Crippen molar-refractivity contribution < 1.29 is 13.2 Å². The third-order valence-corrected chi connectivity index (χ3v) is 3.02. The Morgan fingerprint density at radius 3 is 2.26 bits per heavy atom. The van der Waals surface area contributed by atoms with Gasteiger partial charge in [-0.3, -0.25) is 0 Å². The van der Waals surface area contributed by atoms with Crippen LogP contribution in [-0.2, 0) is 6.18 Å². The summed E-state index contributed by atoms with van der Waals surface area (Å²) in [5, 5.41) is 0.0554. The first-order chi connectivity index (χ1) is 8.77. The highest BCUT2D eigenvalue weighted by Crippen LogP contribution is 2.36. The molecule has 0 spiro atoms. The zero-order valence-corrected chi connectivity index (χ0v) is 10.8. The van der Waals surface area contributed by atoms with Crippen LogP contribution in [-0.4, -0.2) is 0 Å². The first-order valence-electron chi connectivity index (χ1n) is 5.51. The number of rotatable bonds is 1. The Morgan fingerprint density at radius 1 is 1.05 bits per heavy atom. The van der Waals surface area contributed by atoms with Gasteiger partial charge < -0.3 is 5.73 Å². The number of halogens is 4. The topological polar surface area (TPSA) is 26.0 Å². The summed E-state index contributed by atoms with van der Waals surface area (Å²) in [6.07, 6.45) is -4.40. The summed E-state index contributed by atoms with van der Waals surface area (Å²) in [7, 11) is 0. The van der Waals surface area contributed by atoms with Crippen molar-refractivity contribution in [2.45, 2.75) is 13.1 Å². The molecular formula is C14H11ClF3N. The normalized spacial score (nSPS) is 11.6. The van der Waals surface area contributed by atoms with Crippen LogP contribution in [0.3, 0.4) is 0 Å². The van der Waals surface area contributed by atoms with Crippen molar-refractivity contribution in [1.82, 2.24) is 0 Å². The van der Waals surface area contributed by atoms with Crippen molar-refractivity contribution in [2.24, 2.45) is 0 Å². The minimum atomic E-state index is -4.40. The molecule has 0 fully saturated rings. The van der Waals surface area contributed by atoms with Crippen LogP contribution in [0, 0.1) is 6.92 Å². The molecule has 0 aromatic heterocycles. The molecule has 100 valence electrons. The second kappa shape index (κ2) is 4.78. The molecule has 0 amide bonds. The van der Waals surface area contributed by atoms with E-state index < -0.39 is 11.7 Å². The van der Waals surface area contributed by atoms with E-state index in [9.17, 15) is 13.2 Å². The second-order valence-electron chi connectivity index (χ2n) is 4.32. The largest absolute Gasteiger partial charge is 0.416 e. The lowest BCUT2D eigenvalue weighted by Crippen LogP contribution is -2.04. The zero-order chi connectivity index (χ0) is 14.2. The quantitative estimate of drug-likeness (QED) is 0.740. The van der Waals surface area contributed by atoms with E-state index in [0.29, 0.717) is 16.8 Å². The van der Waals surface area contributed by atoms with Crippen LogP contribution < -0.4 is 5.73 Å². The van der Waals surface area contributed by atoms with E-state index >= 15 is 0 Å². The molecule has 0 saturated heterocycles. The first kappa shape index (κ1) is 13.7. The van der Waals surface area contributed by atoms with E-state index in [0.717, 1.165) is 17.7 Å². The molecule has 2 N–H and O–H groups in total. The van der Waals surface area contributed by atoms with E-state index in [-0.39, 0.29) is 5.02 Å². The molecular weight excluding hydrogens is 275 g/mol. The maximum absolute atomic E-state index is 12.6. The Labute approximate surface area is 113 Å². The SMILES string of the molecule is Cc1cc(N)cc(-c2ccc(C(F)(F)F)cc2Cl)c1. The molecule has 0 aliphatic rings. The molecule has 2 rings (SSSR count). The average Bonchev–Trinajstić information content (AvgIpc) is 2.26. The van der Waals surface area contributed by atoms with Gasteiger partial charge in [-0.25, -0.2) is 0 Å². The lowest BCUT2D eigenvalue weighted by atomic mass is 10.0. The maximum atomic E-state index is 12.6. The molecule has 0 bridgehead atoms. The van der Waals surface area contributed by atoms with Gasteiger partial charge >= 0.3 is 6.18 Å². The smallest absolute Gasteiger partial charge is 0.399 e. The predicted octanol–water partition coefficient (Wildman–Crippen LogP) is 4.92. The predicted molar refractivity (Wildman–Crippen MR) is 71.0 cm³/mol. The summed E-state index contributed by atoms with van der Waals surface area (Å²) in [5.41, 5.74) is 7.67. The summed E-state index contributed by atoms with van der Waals surface area (Å²) >= 11 is 5.93. The molecule has 2 aromatic carbocycles. The molecule has 2 aromatic rings. The molecule has 19 heavy (non-hydrogen) atoms. The summed E-state index contributed by atoms with van der Waals surface area (Å²) in [6, 6.07) is 8.59. The Kier molecular flexibility index (Phi) is 3.45. The maximum Gasteiger partial charge on any atom is 0.416 e. The molecule has 0 aliphatic heterocycles. The third kappa shape index (κ3) is 3.01. The van der Waals surface area contributed by atoms with Crippen LogP contribution in [0.15, 0.2) is 36.4 Å². The fourth-order valence-corrected chi connectivity index (χ4v) is 2.18. The van der Waals surface area contributed by atoms with Crippen LogP contribution in [0.25, 0.3) is 11.1 Å².